The van der Waals surface area contributed by atoms with Crippen molar-refractivity contribution in [2.24, 2.45) is 0 Å². The molecular formula is C20H24BClN2O4. The van der Waals surface area contributed by atoms with Crippen LogP contribution in [0.5, 0.6) is 0 Å². The molecule has 0 aliphatic heterocycles. The van der Waals surface area contributed by atoms with E-state index in [4.69, 9.17) is 11.6 Å². The van der Waals surface area contributed by atoms with Crippen molar-refractivity contribution in [3.8, 4) is 0 Å². The lowest BCUT2D eigenvalue weighted by molar-refractivity contribution is -0.126. The van der Waals surface area contributed by atoms with Crippen LogP contribution in [0.25, 0.3) is 0 Å². The second kappa shape index (κ2) is 9.23. The third kappa shape index (κ3) is 6.09. The van der Waals surface area contributed by atoms with E-state index >= 15 is 0 Å². The van der Waals surface area contributed by atoms with Gasteiger partial charge in [-0.05, 0) is 57.0 Å². The van der Waals surface area contributed by atoms with Gasteiger partial charge in [-0.25, -0.2) is 0 Å². The lowest BCUT2D eigenvalue weighted by Crippen LogP contribution is -2.59. The second-order valence-electron chi connectivity index (χ2n) is 7.27. The molecule has 28 heavy (non-hydrogen) atoms. The minimum Gasteiger partial charge on any atom is -0.426 e. The zero-order valence-corrected chi connectivity index (χ0v) is 16.8. The Bertz CT molecular complexity index is 840. The largest absolute Gasteiger partial charge is 0.475 e. The Morgan fingerprint density at radius 2 is 1.79 bits per heavy atom. The zero-order valence-electron chi connectivity index (χ0n) is 16.1. The number of hydrogen-bond acceptors (Lipinski definition) is 4. The molecule has 0 radical (unpaired) electrons. The Hall–Kier alpha value is -2.35. The van der Waals surface area contributed by atoms with Crippen molar-refractivity contribution in [3.63, 3.8) is 0 Å². The topological polar surface area (TPSA) is 98.7 Å². The van der Waals surface area contributed by atoms with E-state index in [1.165, 1.54) is 0 Å². The van der Waals surface area contributed by atoms with Crippen LogP contribution in [-0.2, 0) is 11.2 Å². The number of aryl methyl sites for hydroxylation is 1. The van der Waals surface area contributed by atoms with Crippen LogP contribution < -0.4 is 10.6 Å². The van der Waals surface area contributed by atoms with Gasteiger partial charge in [0.15, 0.2) is 0 Å². The summed E-state index contributed by atoms with van der Waals surface area (Å²) >= 11 is 5.82. The summed E-state index contributed by atoms with van der Waals surface area (Å²) in [6.07, 6.45) is 0.242. The second-order valence-corrected chi connectivity index (χ2v) is 7.71. The lowest BCUT2D eigenvalue weighted by atomic mass is 9.75. The maximum atomic E-state index is 12.7. The fourth-order valence-electron chi connectivity index (χ4n) is 2.69. The van der Waals surface area contributed by atoms with E-state index in [-0.39, 0.29) is 6.42 Å². The first-order valence-corrected chi connectivity index (χ1v) is 9.27. The summed E-state index contributed by atoms with van der Waals surface area (Å²) in [4.78, 5) is 25.1. The first kappa shape index (κ1) is 21.9. The number of carbonyl (C=O) groups is 2. The average molecular weight is 403 g/mol. The highest BCUT2D eigenvalue weighted by atomic mass is 35.5. The van der Waals surface area contributed by atoms with Crippen LogP contribution in [0.3, 0.4) is 0 Å². The number of halogens is 1. The molecule has 2 aromatic carbocycles. The molecule has 1 atom stereocenters. The van der Waals surface area contributed by atoms with Gasteiger partial charge in [0, 0.05) is 10.6 Å². The molecule has 0 spiro atoms. The third-order valence-corrected chi connectivity index (χ3v) is 4.57. The van der Waals surface area contributed by atoms with Crippen LogP contribution in [0.2, 0.25) is 5.02 Å². The predicted molar refractivity (Wildman–Crippen MR) is 110 cm³/mol. The molecular weight excluding hydrogens is 378 g/mol. The minimum absolute atomic E-state index is 0.242. The molecule has 0 aliphatic carbocycles. The number of carbonyl (C=O) groups excluding carboxylic acids is 2. The molecule has 6 nitrogen and oxygen atoms in total. The molecule has 2 aromatic rings. The molecule has 8 heteroatoms. The van der Waals surface area contributed by atoms with Crippen LogP contribution in [-0.4, -0.2) is 40.5 Å². The fourth-order valence-corrected chi connectivity index (χ4v) is 2.81. The summed E-state index contributed by atoms with van der Waals surface area (Å²) in [7, 11) is -1.74. The molecule has 0 saturated heterocycles. The molecule has 0 aromatic heterocycles. The molecule has 2 rings (SSSR count). The van der Waals surface area contributed by atoms with Gasteiger partial charge in [-0.3, -0.25) is 9.59 Å². The van der Waals surface area contributed by atoms with Crippen molar-refractivity contribution in [1.82, 2.24) is 10.6 Å². The summed E-state index contributed by atoms with van der Waals surface area (Å²) in [5, 5.41) is 25.1. The number of nitrogens with one attached hydrogen (secondary N) is 2. The molecule has 0 aliphatic rings. The highest BCUT2D eigenvalue weighted by molar-refractivity contribution is 6.43. The monoisotopic (exact) mass is 402 g/mol. The number of amides is 2. The molecule has 4 N–H and O–H groups in total. The van der Waals surface area contributed by atoms with E-state index in [1.807, 2.05) is 31.2 Å². The Labute approximate surface area is 170 Å². The Kier molecular flexibility index (Phi) is 7.24. The summed E-state index contributed by atoms with van der Waals surface area (Å²) in [6, 6.07) is 13.9. The first-order valence-electron chi connectivity index (χ1n) is 8.89. The van der Waals surface area contributed by atoms with Gasteiger partial charge in [-0.2, -0.15) is 0 Å². The standard InChI is InChI=1S/C20H24BClN2O4/c1-13-5-4-6-14(11-13)12-17(21(27)28)23-19(26)20(2,3)24-18(25)15-7-9-16(22)10-8-15/h4-11,17,27-28H,12H2,1-3H3,(H,23,26)(H,24,25)/t17-/m0/s1. The number of hydrogen-bond donors (Lipinski definition) is 4. The van der Waals surface area contributed by atoms with Crippen molar-refractivity contribution in [2.45, 2.75) is 38.7 Å². The fraction of sp³-hybridized carbons (Fsp3) is 0.300. The van der Waals surface area contributed by atoms with Crippen LogP contribution in [0.1, 0.15) is 35.3 Å². The van der Waals surface area contributed by atoms with E-state index in [0.29, 0.717) is 10.6 Å². The predicted octanol–water partition coefficient (Wildman–Crippen LogP) is 1.90. The van der Waals surface area contributed by atoms with Crippen molar-refractivity contribution in [3.05, 3.63) is 70.2 Å². The van der Waals surface area contributed by atoms with Gasteiger partial charge >= 0.3 is 7.12 Å². The van der Waals surface area contributed by atoms with E-state index in [1.54, 1.807) is 38.1 Å². The van der Waals surface area contributed by atoms with Crippen molar-refractivity contribution in [2.75, 3.05) is 0 Å². The lowest BCUT2D eigenvalue weighted by Gasteiger charge is -2.28. The van der Waals surface area contributed by atoms with E-state index < -0.39 is 30.4 Å². The summed E-state index contributed by atoms with van der Waals surface area (Å²) < 4.78 is 0. The highest BCUT2D eigenvalue weighted by Gasteiger charge is 2.34. The summed E-state index contributed by atoms with van der Waals surface area (Å²) in [5.74, 6) is -1.88. The number of benzene rings is 2. The molecule has 148 valence electrons. The van der Waals surface area contributed by atoms with Gasteiger partial charge in [0.05, 0.1) is 5.94 Å². The van der Waals surface area contributed by atoms with Gasteiger partial charge in [0.2, 0.25) is 5.91 Å². The number of rotatable bonds is 7. The molecule has 0 fully saturated rings. The third-order valence-electron chi connectivity index (χ3n) is 4.31. The van der Waals surface area contributed by atoms with Crippen LogP contribution in [0, 0.1) is 6.92 Å². The van der Waals surface area contributed by atoms with Crippen molar-refractivity contribution in [1.29, 1.82) is 0 Å². The van der Waals surface area contributed by atoms with Gasteiger partial charge < -0.3 is 20.7 Å². The zero-order chi connectivity index (χ0) is 20.9. The van der Waals surface area contributed by atoms with Gasteiger partial charge in [0.25, 0.3) is 5.91 Å². The van der Waals surface area contributed by atoms with Crippen LogP contribution in [0.4, 0.5) is 0 Å². The molecule has 2 amide bonds. The summed E-state index contributed by atoms with van der Waals surface area (Å²) in [6.45, 7) is 5.02. The molecule has 0 saturated carbocycles. The van der Waals surface area contributed by atoms with E-state index in [2.05, 4.69) is 10.6 Å². The maximum absolute atomic E-state index is 12.7. The van der Waals surface area contributed by atoms with E-state index in [9.17, 15) is 19.6 Å². The van der Waals surface area contributed by atoms with Gasteiger partial charge in [0.1, 0.15) is 5.54 Å². The quantitative estimate of drug-likeness (QED) is 0.532. The van der Waals surface area contributed by atoms with Gasteiger partial charge in [-0.1, -0.05) is 41.4 Å². The molecule has 0 bridgehead atoms. The highest BCUT2D eigenvalue weighted by Crippen LogP contribution is 2.13. The Balaban J connectivity index is 2.06. The van der Waals surface area contributed by atoms with Crippen LogP contribution in [0.15, 0.2) is 48.5 Å². The average Bonchev–Trinajstić information content (AvgIpc) is 2.61. The van der Waals surface area contributed by atoms with Crippen molar-refractivity contribution < 1.29 is 19.6 Å². The molecule has 0 unspecified atom stereocenters. The van der Waals surface area contributed by atoms with Gasteiger partial charge in [-0.15, -0.1) is 0 Å². The summed E-state index contributed by atoms with van der Waals surface area (Å²) in [5.41, 5.74) is 0.993. The van der Waals surface area contributed by atoms with Crippen molar-refractivity contribution >= 4 is 30.5 Å². The SMILES string of the molecule is Cc1cccc(C[C@H](NC(=O)C(C)(C)NC(=O)c2ccc(Cl)cc2)B(O)O)c1. The Morgan fingerprint density at radius 3 is 2.36 bits per heavy atom. The Morgan fingerprint density at radius 1 is 1.14 bits per heavy atom. The van der Waals surface area contributed by atoms with E-state index in [0.717, 1.165) is 11.1 Å². The molecule has 0 heterocycles. The maximum Gasteiger partial charge on any atom is 0.475 e. The minimum atomic E-state index is -1.74. The first-order chi connectivity index (χ1) is 13.1. The van der Waals surface area contributed by atoms with Crippen LogP contribution >= 0.6 is 11.6 Å². The smallest absolute Gasteiger partial charge is 0.426 e. The normalized spacial score (nSPS) is 12.2.